The number of hydrogen-bond donors (Lipinski definition) is 1. The summed E-state index contributed by atoms with van der Waals surface area (Å²) in [7, 11) is 1.64. The van der Waals surface area contributed by atoms with Crippen LogP contribution in [0.1, 0.15) is 24.8 Å². The molecule has 1 aromatic rings. The van der Waals surface area contributed by atoms with Gasteiger partial charge in [0.1, 0.15) is 11.6 Å². The molecule has 1 atom stereocenters. The van der Waals surface area contributed by atoms with Gasteiger partial charge in [0.2, 0.25) is 0 Å². The van der Waals surface area contributed by atoms with E-state index in [9.17, 15) is 4.39 Å². The fourth-order valence-electron chi connectivity index (χ4n) is 2.56. The van der Waals surface area contributed by atoms with Gasteiger partial charge in [0.05, 0.1) is 7.11 Å². The first-order valence-electron chi connectivity index (χ1n) is 6.97. The Morgan fingerprint density at radius 3 is 2.79 bits per heavy atom. The molecule has 4 heteroatoms. The van der Waals surface area contributed by atoms with Crippen LogP contribution in [0.3, 0.4) is 0 Å². The highest BCUT2D eigenvalue weighted by Gasteiger charge is 2.15. The van der Waals surface area contributed by atoms with Gasteiger partial charge in [-0.3, -0.25) is 0 Å². The van der Waals surface area contributed by atoms with Gasteiger partial charge in [-0.05, 0) is 42.6 Å². The van der Waals surface area contributed by atoms with Crippen LogP contribution in [0.4, 0.5) is 4.39 Å². The average molecular weight is 266 g/mol. The van der Waals surface area contributed by atoms with E-state index in [0.29, 0.717) is 5.92 Å². The monoisotopic (exact) mass is 266 g/mol. The van der Waals surface area contributed by atoms with E-state index in [2.05, 4.69) is 17.1 Å². The largest absolute Gasteiger partial charge is 0.496 e. The minimum atomic E-state index is -0.190. The van der Waals surface area contributed by atoms with Crippen molar-refractivity contribution in [3.63, 3.8) is 0 Å². The Hall–Kier alpha value is -1.13. The molecule has 0 saturated carbocycles. The van der Waals surface area contributed by atoms with Crippen molar-refractivity contribution in [2.24, 2.45) is 0 Å². The zero-order chi connectivity index (χ0) is 13.7. The molecule has 1 unspecified atom stereocenters. The van der Waals surface area contributed by atoms with Crippen molar-refractivity contribution in [1.82, 2.24) is 10.2 Å². The second kappa shape index (κ2) is 6.87. The van der Waals surface area contributed by atoms with Crippen LogP contribution in [-0.4, -0.2) is 44.7 Å². The highest BCUT2D eigenvalue weighted by molar-refractivity contribution is 5.36. The molecule has 1 heterocycles. The fourth-order valence-corrected chi connectivity index (χ4v) is 2.56. The van der Waals surface area contributed by atoms with Crippen LogP contribution in [0.5, 0.6) is 5.75 Å². The lowest BCUT2D eigenvalue weighted by Gasteiger charge is -2.28. The van der Waals surface area contributed by atoms with E-state index in [1.54, 1.807) is 19.2 Å². The lowest BCUT2D eigenvalue weighted by Crippen LogP contribution is -2.43. The predicted molar refractivity (Wildman–Crippen MR) is 75.3 cm³/mol. The van der Waals surface area contributed by atoms with E-state index in [0.717, 1.165) is 50.5 Å². The standard InChI is InChI=1S/C15H23FN2O/c1-12(5-8-18-9-6-17-7-10-18)14-11-13(16)3-4-15(14)19-2/h3-4,11-12,17H,5-10H2,1-2H3. The van der Waals surface area contributed by atoms with Crippen molar-refractivity contribution in [2.45, 2.75) is 19.3 Å². The van der Waals surface area contributed by atoms with E-state index < -0.39 is 0 Å². The van der Waals surface area contributed by atoms with Crippen molar-refractivity contribution in [2.75, 3.05) is 39.8 Å². The van der Waals surface area contributed by atoms with Crippen molar-refractivity contribution in [3.05, 3.63) is 29.6 Å². The Labute approximate surface area is 114 Å². The van der Waals surface area contributed by atoms with E-state index in [4.69, 9.17) is 4.74 Å². The molecule has 106 valence electrons. The average Bonchev–Trinajstić information content (AvgIpc) is 2.46. The van der Waals surface area contributed by atoms with E-state index in [1.165, 1.54) is 6.07 Å². The summed E-state index contributed by atoms with van der Waals surface area (Å²) in [4.78, 5) is 2.46. The van der Waals surface area contributed by atoms with Crippen LogP contribution >= 0.6 is 0 Å². The summed E-state index contributed by atoms with van der Waals surface area (Å²) in [5.74, 6) is 0.902. The van der Waals surface area contributed by atoms with E-state index >= 15 is 0 Å². The molecule has 0 spiro atoms. The smallest absolute Gasteiger partial charge is 0.123 e. The maximum Gasteiger partial charge on any atom is 0.123 e. The first kappa shape index (κ1) is 14.3. The van der Waals surface area contributed by atoms with E-state index in [1.807, 2.05) is 0 Å². The zero-order valence-corrected chi connectivity index (χ0v) is 11.8. The maximum atomic E-state index is 13.4. The number of ether oxygens (including phenoxy) is 1. The number of benzene rings is 1. The molecule has 0 aliphatic carbocycles. The molecule has 1 aliphatic heterocycles. The Bertz CT molecular complexity index is 405. The van der Waals surface area contributed by atoms with Gasteiger partial charge in [-0.15, -0.1) is 0 Å². The van der Waals surface area contributed by atoms with Crippen molar-refractivity contribution >= 4 is 0 Å². The minimum absolute atomic E-state index is 0.190. The summed E-state index contributed by atoms with van der Waals surface area (Å²) in [6, 6.07) is 4.76. The van der Waals surface area contributed by atoms with Crippen LogP contribution in [0.2, 0.25) is 0 Å². The molecule has 1 fully saturated rings. The summed E-state index contributed by atoms with van der Waals surface area (Å²) in [6.45, 7) is 7.54. The molecule has 1 saturated heterocycles. The molecular weight excluding hydrogens is 243 g/mol. The summed E-state index contributed by atoms with van der Waals surface area (Å²) in [5, 5.41) is 3.35. The number of halogens is 1. The molecule has 3 nitrogen and oxygen atoms in total. The molecule has 19 heavy (non-hydrogen) atoms. The van der Waals surface area contributed by atoms with Crippen LogP contribution < -0.4 is 10.1 Å². The summed E-state index contributed by atoms with van der Waals surface area (Å²) < 4.78 is 18.7. The van der Waals surface area contributed by atoms with Crippen molar-refractivity contribution in [1.29, 1.82) is 0 Å². The molecular formula is C15H23FN2O. The highest BCUT2D eigenvalue weighted by Crippen LogP contribution is 2.29. The third-order valence-electron chi connectivity index (χ3n) is 3.81. The number of hydrogen-bond acceptors (Lipinski definition) is 3. The van der Waals surface area contributed by atoms with Gasteiger partial charge in [-0.2, -0.15) is 0 Å². The molecule has 1 N–H and O–H groups in total. The SMILES string of the molecule is COc1ccc(F)cc1C(C)CCN1CCNCC1. The van der Waals surface area contributed by atoms with Gasteiger partial charge in [0.15, 0.2) is 0 Å². The zero-order valence-electron chi connectivity index (χ0n) is 11.8. The molecule has 0 amide bonds. The Kier molecular flexibility index (Phi) is 5.16. The molecule has 0 aromatic heterocycles. The normalized spacial score (nSPS) is 18.3. The summed E-state index contributed by atoms with van der Waals surface area (Å²) in [5.41, 5.74) is 0.970. The first-order valence-corrected chi connectivity index (χ1v) is 6.97. The number of rotatable bonds is 5. The van der Waals surface area contributed by atoms with Crippen LogP contribution in [0.25, 0.3) is 0 Å². The summed E-state index contributed by atoms with van der Waals surface area (Å²) in [6.07, 6.45) is 1.03. The third kappa shape index (κ3) is 3.91. The lowest BCUT2D eigenvalue weighted by molar-refractivity contribution is 0.233. The van der Waals surface area contributed by atoms with E-state index in [-0.39, 0.29) is 5.82 Å². The third-order valence-corrected chi connectivity index (χ3v) is 3.81. The Morgan fingerprint density at radius 1 is 1.37 bits per heavy atom. The van der Waals surface area contributed by atoms with Crippen molar-refractivity contribution < 1.29 is 9.13 Å². The number of nitrogens with one attached hydrogen (secondary N) is 1. The van der Waals surface area contributed by atoms with Gasteiger partial charge in [-0.25, -0.2) is 4.39 Å². The topological polar surface area (TPSA) is 24.5 Å². The van der Waals surface area contributed by atoms with Gasteiger partial charge in [-0.1, -0.05) is 6.92 Å². The predicted octanol–water partition coefficient (Wildman–Crippen LogP) is 2.23. The minimum Gasteiger partial charge on any atom is -0.496 e. The second-order valence-electron chi connectivity index (χ2n) is 5.17. The van der Waals surface area contributed by atoms with Gasteiger partial charge >= 0.3 is 0 Å². The fraction of sp³-hybridized carbons (Fsp3) is 0.600. The maximum absolute atomic E-state index is 13.4. The van der Waals surface area contributed by atoms with Gasteiger partial charge < -0.3 is 15.0 Å². The molecule has 0 bridgehead atoms. The summed E-state index contributed by atoms with van der Waals surface area (Å²) >= 11 is 0. The van der Waals surface area contributed by atoms with Crippen LogP contribution in [0.15, 0.2) is 18.2 Å². The molecule has 1 aromatic carbocycles. The molecule has 2 rings (SSSR count). The van der Waals surface area contributed by atoms with Crippen LogP contribution in [0, 0.1) is 5.82 Å². The first-order chi connectivity index (χ1) is 9.20. The van der Waals surface area contributed by atoms with Gasteiger partial charge in [0, 0.05) is 26.2 Å². The molecule has 1 aliphatic rings. The molecule has 0 radical (unpaired) electrons. The Morgan fingerprint density at radius 2 is 2.11 bits per heavy atom. The van der Waals surface area contributed by atoms with Crippen molar-refractivity contribution in [3.8, 4) is 5.75 Å². The number of methoxy groups -OCH3 is 1. The number of nitrogens with zero attached hydrogens (tertiary/aromatic N) is 1. The highest BCUT2D eigenvalue weighted by atomic mass is 19.1. The number of piperazine rings is 1. The second-order valence-corrected chi connectivity index (χ2v) is 5.17. The Balaban J connectivity index is 1.94. The lowest BCUT2D eigenvalue weighted by atomic mass is 9.96. The van der Waals surface area contributed by atoms with Crippen LogP contribution in [-0.2, 0) is 0 Å². The van der Waals surface area contributed by atoms with Gasteiger partial charge in [0.25, 0.3) is 0 Å². The quantitative estimate of drug-likeness (QED) is 0.884.